The van der Waals surface area contributed by atoms with E-state index in [1.54, 1.807) is 0 Å². The summed E-state index contributed by atoms with van der Waals surface area (Å²) in [6.45, 7) is 5.37. The van der Waals surface area contributed by atoms with Gasteiger partial charge in [0.05, 0.1) is 13.2 Å². The molecule has 4 heteroatoms. The van der Waals surface area contributed by atoms with Gasteiger partial charge in [0.1, 0.15) is 5.82 Å². The fraction of sp³-hybridized carbons (Fsp3) is 0.545. The molecule has 1 aliphatic heterocycles. The van der Waals surface area contributed by atoms with Crippen LogP contribution in [-0.4, -0.2) is 31.3 Å². The van der Waals surface area contributed by atoms with Gasteiger partial charge in [0.15, 0.2) is 0 Å². The minimum Gasteiger partial charge on any atom is -0.378 e. The standard InChI is InChI=1S/C11H17N3O/c1-9(12)10-2-3-13-11(8-10)14-4-6-15-7-5-14/h2-3,8-9H,4-7,12H2,1H3/t9-/m1/s1. The average Bonchev–Trinajstić information content (AvgIpc) is 2.30. The predicted molar refractivity (Wildman–Crippen MR) is 59.9 cm³/mol. The average molecular weight is 207 g/mol. The molecule has 0 radical (unpaired) electrons. The monoisotopic (exact) mass is 207 g/mol. The van der Waals surface area contributed by atoms with E-state index in [1.165, 1.54) is 0 Å². The summed E-state index contributed by atoms with van der Waals surface area (Å²) in [6, 6.07) is 4.10. The summed E-state index contributed by atoms with van der Waals surface area (Å²) in [6.07, 6.45) is 1.82. The molecule has 0 bridgehead atoms. The zero-order chi connectivity index (χ0) is 10.7. The number of anilines is 1. The summed E-state index contributed by atoms with van der Waals surface area (Å²) in [4.78, 5) is 6.59. The maximum atomic E-state index is 5.84. The zero-order valence-electron chi connectivity index (χ0n) is 9.02. The summed E-state index contributed by atoms with van der Waals surface area (Å²) in [5.74, 6) is 1.01. The molecule has 2 N–H and O–H groups in total. The summed E-state index contributed by atoms with van der Waals surface area (Å²) >= 11 is 0. The van der Waals surface area contributed by atoms with Gasteiger partial charge in [-0.2, -0.15) is 0 Å². The highest BCUT2D eigenvalue weighted by molar-refractivity contribution is 5.42. The van der Waals surface area contributed by atoms with E-state index in [4.69, 9.17) is 10.5 Å². The lowest BCUT2D eigenvalue weighted by molar-refractivity contribution is 0.122. The molecule has 0 saturated carbocycles. The Kier molecular flexibility index (Phi) is 3.18. The summed E-state index contributed by atoms with van der Waals surface area (Å²) in [5, 5.41) is 0. The molecule has 1 aliphatic rings. The van der Waals surface area contributed by atoms with Crippen molar-refractivity contribution in [3.63, 3.8) is 0 Å². The third-order valence-electron chi connectivity index (χ3n) is 2.63. The van der Waals surface area contributed by atoms with Gasteiger partial charge in [-0.05, 0) is 24.6 Å². The highest BCUT2D eigenvalue weighted by atomic mass is 16.5. The van der Waals surface area contributed by atoms with E-state index >= 15 is 0 Å². The normalized spacial score (nSPS) is 18.9. The Hall–Kier alpha value is -1.13. The van der Waals surface area contributed by atoms with Crippen molar-refractivity contribution in [1.29, 1.82) is 0 Å². The van der Waals surface area contributed by atoms with Crippen LogP contribution < -0.4 is 10.6 Å². The van der Waals surface area contributed by atoms with Crippen LogP contribution >= 0.6 is 0 Å². The molecule has 0 unspecified atom stereocenters. The van der Waals surface area contributed by atoms with Crippen molar-refractivity contribution in [2.45, 2.75) is 13.0 Å². The first-order chi connectivity index (χ1) is 7.27. The molecule has 1 fully saturated rings. The maximum Gasteiger partial charge on any atom is 0.128 e. The van der Waals surface area contributed by atoms with Crippen molar-refractivity contribution in [2.24, 2.45) is 5.73 Å². The molecule has 0 amide bonds. The van der Waals surface area contributed by atoms with Crippen LogP contribution in [0.3, 0.4) is 0 Å². The number of nitrogens with zero attached hydrogens (tertiary/aromatic N) is 2. The van der Waals surface area contributed by atoms with E-state index < -0.39 is 0 Å². The first-order valence-corrected chi connectivity index (χ1v) is 5.31. The Bertz CT molecular complexity index is 321. The van der Waals surface area contributed by atoms with Crippen molar-refractivity contribution < 1.29 is 4.74 Å². The SMILES string of the molecule is C[C@@H](N)c1ccnc(N2CCOCC2)c1. The highest BCUT2D eigenvalue weighted by Crippen LogP contribution is 2.17. The van der Waals surface area contributed by atoms with Crippen molar-refractivity contribution >= 4 is 5.82 Å². The number of ether oxygens (including phenoxy) is 1. The van der Waals surface area contributed by atoms with Crippen LogP contribution in [-0.2, 0) is 4.74 Å². The fourth-order valence-electron chi connectivity index (χ4n) is 1.68. The Labute approximate surface area is 90.0 Å². The Morgan fingerprint density at radius 2 is 2.20 bits per heavy atom. The van der Waals surface area contributed by atoms with Gasteiger partial charge in [0, 0.05) is 25.3 Å². The van der Waals surface area contributed by atoms with Gasteiger partial charge in [-0.15, -0.1) is 0 Å². The number of aromatic nitrogens is 1. The van der Waals surface area contributed by atoms with Crippen molar-refractivity contribution in [1.82, 2.24) is 4.98 Å². The number of nitrogens with two attached hydrogens (primary N) is 1. The van der Waals surface area contributed by atoms with E-state index in [2.05, 4.69) is 16.0 Å². The molecule has 15 heavy (non-hydrogen) atoms. The van der Waals surface area contributed by atoms with Crippen molar-refractivity contribution in [2.75, 3.05) is 31.2 Å². The lowest BCUT2D eigenvalue weighted by Gasteiger charge is -2.28. The van der Waals surface area contributed by atoms with E-state index in [9.17, 15) is 0 Å². The first-order valence-electron chi connectivity index (χ1n) is 5.31. The Morgan fingerprint density at radius 3 is 2.87 bits per heavy atom. The second-order valence-electron chi connectivity index (χ2n) is 3.84. The molecule has 4 nitrogen and oxygen atoms in total. The van der Waals surface area contributed by atoms with Crippen LogP contribution in [0.1, 0.15) is 18.5 Å². The second kappa shape index (κ2) is 4.59. The minimum absolute atomic E-state index is 0.0628. The van der Waals surface area contributed by atoms with Crippen LogP contribution in [0.25, 0.3) is 0 Å². The highest BCUT2D eigenvalue weighted by Gasteiger charge is 2.12. The lowest BCUT2D eigenvalue weighted by Crippen LogP contribution is -2.36. The van der Waals surface area contributed by atoms with Crippen LogP contribution in [0.2, 0.25) is 0 Å². The van der Waals surface area contributed by atoms with Crippen LogP contribution in [0.15, 0.2) is 18.3 Å². The Balaban J connectivity index is 2.16. The largest absolute Gasteiger partial charge is 0.378 e. The molecular weight excluding hydrogens is 190 g/mol. The van der Waals surface area contributed by atoms with Crippen LogP contribution in [0, 0.1) is 0 Å². The predicted octanol–water partition coefficient (Wildman–Crippen LogP) is 0.938. The zero-order valence-corrected chi connectivity index (χ0v) is 9.02. The van der Waals surface area contributed by atoms with Gasteiger partial charge in [0.25, 0.3) is 0 Å². The summed E-state index contributed by atoms with van der Waals surface area (Å²) < 4.78 is 5.30. The second-order valence-corrected chi connectivity index (χ2v) is 3.84. The third-order valence-corrected chi connectivity index (χ3v) is 2.63. The molecule has 0 aromatic carbocycles. The van der Waals surface area contributed by atoms with Gasteiger partial charge in [0.2, 0.25) is 0 Å². The van der Waals surface area contributed by atoms with E-state index in [0.717, 1.165) is 37.7 Å². The number of hydrogen-bond acceptors (Lipinski definition) is 4. The molecule has 1 atom stereocenters. The summed E-state index contributed by atoms with van der Waals surface area (Å²) in [5.41, 5.74) is 6.97. The summed E-state index contributed by atoms with van der Waals surface area (Å²) in [7, 11) is 0. The van der Waals surface area contributed by atoms with Crippen molar-refractivity contribution in [3.8, 4) is 0 Å². The van der Waals surface area contributed by atoms with Crippen LogP contribution in [0.5, 0.6) is 0 Å². The molecule has 1 aromatic heterocycles. The molecule has 2 rings (SSSR count). The van der Waals surface area contributed by atoms with E-state index in [0.29, 0.717) is 0 Å². The van der Waals surface area contributed by atoms with Crippen molar-refractivity contribution in [3.05, 3.63) is 23.9 Å². The molecule has 82 valence electrons. The smallest absolute Gasteiger partial charge is 0.128 e. The van der Waals surface area contributed by atoms with Gasteiger partial charge in [-0.3, -0.25) is 0 Å². The number of pyridine rings is 1. The number of rotatable bonds is 2. The maximum absolute atomic E-state index is 5.84. The number of hydrogen-bond donors (Lipinski definition) is 1. The molecule has 1 saturated heterocycles. The van der Waals surface area contributed by atoms with Gasteiger partial charge < -0.3 is 15.4 Å². The first kappa shape index (κ1) is 10.4. The molecule has 0 spiro atoms. The third kappa shape index (κ3) is 2.46. The van der Waals surface area contributed by atoms with E-state index in [-0.39, 0.29) is 6.04 Å². The lowest BCUT2D eigenvalue weighted by atomic mass is 10.1. The van der Waals surface area contributed by atoms with Gasteiger partial charge in [-0.25, -0.2) is 4.98 Å². The number of morpholine rings is 1. The molecule has 0 aliphatic carbocycles. The fourth-order valence-corrected chi connectivity index (χ4v) is 1.68. The topological polar surface area (TPSA) is 51.4 Å². The van der Waals surface area contributed by atoms with Gasteiger partial charge >= 0.3 is 0 Å². The Morgan fingerprint density at radius 1 is 1.47 bits per heavy atom. The van der Waals surface area contributed by atoms with Crippen LogP contribution in [0.4, 0.5) is 5.82 Å². The molecule has 1 aromatic rings. The molecular formula is C11H17N3O. The van der Waals surface area contributed by atoms with Gasteiger partial charge in [-0.1, -0.05) is 0 Å². The quantitative estimate of drug-likeness (QED) is 0.784. The minimum atomic E-state index is 0.0628. The molecule has 2 heterocycles. The van der Waals surface area contributed by atoms with E-state index in [1.807, 2.05) is 19.2 Å².